The molecule has 1 aliphatic rings. The lowest BCUT2D eigenvalue weighted by Gasteiger charge is -2.30. The Morgan fingerprint density at radius 1 is 0.448 bits per heavy atom. The third kappa shape index (κ3) is 14.1. The molecule has 1 rings (SSSR count). The zero-order chi connectivity index (χ0) is 21.0. The fourth-order valence-electron chi connectivity index (χ4n) is 4.52. The molecule has 1 atom stereocenters. The predicted molar refractivity (Wildman–Crippen MR) is 131 cm³/mol. The summed E-state index contributed by atoms with van der Waals surface area (Å²) in [4.78, 5) is 5.10. The topological polar surface area (TPSA) is 6.48 Å². The van der Waals surface area contributed by atoms with Gasteiger partial charge in [0.1, 0.15) is 0 Å². The summed E-state index contributed by atoms with van der Waals surface area (Å²) in [7, 11) is 0. The summed E-state index contributed by atoms with van der Waals surface area (Å²) in [5, 5.41) is 0. The highest BCUT2D eigenvalue weighted by Gasteiger charge is 2.20. The first-order valence-electron chi connectivity index (χ1n) is 13.5. The quantitative estimate of drug-likeness (QED) is 0.176. The Labute approximate surface area is 184 Å². The van der Waals surface area contributed by atoms with Crippen molar-refractivity contribution < 1.29 is 0 Å². The molecule has 1 aliphatic heterocycles. The van der Waals surface area contributed by atoms with Gasteiger partial charge in [-0.25, -0.2) is 0 Å². The van der Waals surface area contributed by atoms with Crippen molar-refractivity contribution in [3.05, 3.63) is 12.4 Å². The molecule has 2 heteroatoms. The Hall–Kier alpha value is -0.660. The average Bonchev–Trinajstić information content (AvgIpc) is 3.08. The highest BCUT2D eigenvalue weighted by Crippen LogP contribution is 2.18. The van der Waals surface area contributed by atoms with Crippen LogP contribution in [0.25, 0.3) is 0 Å². The third-order valence-corrected chi connectivity index (χ3v) is 6.70. The molecule has 0 spiro atoms. The van der Waals surface area contributed by atoms with E-state index in [0.29, 0.717) is 6.17 Å². The zero-order valence-electron chi connectivity index (χ0n) is 20.5. The van der Waals surface area contributed by atoms with Crippen molar-refractivity contribution in [2.45, 2.75) is 149 Å². The minimum atomic E-state index is 0.572. The molecule has 1 heterocycles. The van der Waals surface area contributed by atoms with Crippen LogP contribution in [0.3, 0.4) is 0 Å². The molecule has 0 N–H and O–H groups in total. The Balaban J connectivity index is 1.89. The molecule has 0 bridgehead atoms. The first kappa shape index (κ1) is 26.4. The SMILES string of the molecule is CCCCCCCCCCCCCCN1C=CN(CCCCCCCCC)C1C. The van der Waals surface area contributed by atoms with Gasteiger partial charge >= 0.3 is 0 Å². The summed E-state index contributed by atoms with van der Waals surface area (Å²) in [6.07, 6.45) is 32.3. The van der Waals surface area contributed by atoms with Crippen molar-refractivity contribution in [1.82, 2.24) is 9.80 Å². The fourth-order valence-corrected chi connectivity index (χ4v) is 4.52. The molecule has 2 nitrogen and oxygen atoms in total. The molecular formula is C27H54N2. The predicted octanol–water partition coefficient (Wildman–Crippen LogP) is 8.87. The van der Waals surface area contributed by atoms with E-state index in [2.05, 4.69) is 43.0 Å². The molecule has 0 radical (unpaired) electrons. The van der Waals surface area contributed by atoms with Crippen LogP contribution < -0.4 is 0 Å². The Morgan fingerprint density at radius 2 is 0.724 bits per heavy atom. The number of nitrogens with zero attached hydrogens (tertiary/aromatic N) is 2. The summed E-state index contributed by atoms with van der Waals surface area (Å²) in [5.41, 5.74) is 0. The van der Waals surface area contributed by atoms with E-state index in [1.165, 1.54) is 135 Å². The molecule has 0 aromatic carbocycles. The average molecular weight is 407 g/mol. The second kappa shape index (κ2) is 19.3. The molecule has 0 aliphatic carbocycles. The lowest BCUT2D eigenvalue weighted by atomic mass is 10.1. The monoisotopic (exact) mass is 406 g/mol. The highest BCUT2D eigenvalue weighted by atomic mass is 15.4. The van der Waals surface area contributed by atoms with E-state index in [1.54, 1.807) is 0 Å². The van der Waals surface area contributed by atoms with Gasteiger partial charge in [0.25, 0.3) is 0 Å². The Bertz CT molecular complexity index is 366. The van der Waals surface area contributed by atoms with E-state index in [4.69, 9.17) is 0 Å². The molecule has 172 valence electrons. The fraction of sp³-hybridized carbons (Fsp3) is 0.926. The van der Waals surface area contributed by atoms with Gasteiger partial charge in [-0.05, 0) is 19.8 Å². The van der Waals surface area contributed by atoms with Gasteiger partial charge in [0.15, 0.2) is 0 Å². The molecule has 0 aromatic rings. The zero-order valence-corrected chi connectivity index (χ0v) is 20.5. The summed E-state index contributed by atoms with van der Waals surface area (Å²) < 4.78 is 0. The van der Waals surface area contributed by atoms with E-state index in [1.807, 2.05) is 0 Å². The van der Waals surface area contributed by atoms with Gasteiger partial charge in [-0.2, -0.15) is 0 Å². The highest BCUT2D eigenvalue weighted by molar-refractivity contribution is 4.95. The standard InChI is InChI=1S/C27H54N2/c1-4-6-8-10-12-13-14-15-16-18-20-22-24-29-26-25-28(27(29)3)23-21-19-17-11-9-7-5-2/h25-27H,4-24H2,1-3H3. The van der Waals surface area contributed by atoms with Gasteiger partial charge in [-0.1, -0.05) is 123 Å². The van der Waals surface area contributed by atoms with Crippen LogP contribution in [0.2, 0.25) is 0 Å². The normalized spacial score (nSPS) is 16.3. The van der Waals surface area contributed by atoms with Crippen molar-refractivity contribution in [3.8, 4) is 0 Å². The Kier molecular flexibility index (Phi) is 17.6. The van der Waals surface area contributed by atoms with Crippen LogP contribution in [0, 0.1) is 0 Å². The smallest absolute Gasteiger partial charge is 0.0977 e. The first-order valence-corrected chi connectivity index (χ1v) is 13.5. The summed E-state index contributed by atoms with van der Waals surface area (Å²) in [6, 6.07) is 0. The number of hydrogen-bond donors (Lipinski definition) is 0. The lowest BCUT2D eigenvalue weighted by Crippen LogP contribution is -2.36. The molecule has 0 saturated carbocycles. The summed E-state index contributed by atoms with van der Waals surface area (Å²) in [5.74, 6) is 0. The summed E-state index contributed by atoms with van der Waals surface area (Å²) >= 11 is 0. The van der Waals surface area contributed by atoms with Gasteiger partial charge in [0.2, 0.25) is 0 Å². The molecule has 0 amide bonds. The van der Waals surface area contributed by atoms with Crippen LogP contribution in [0.5, 0.6) is 0 Å². The van der Waals surface area contributed by atoms with Crippen LogP contribution in [0.4, 0.5) is 0 Å². The first-order chi connectivity index (χ1) is 14.3. The van der Waals surface area contributed by atoms with E-state index in [9.17, 15) is 0 Å². The largest absolute Gasteiger partial charge is 0.356 e. The van der Waals surface area contributed by atoms with Crippen LogP contribution in [-0.2, 0) is 0 Å². The molecule has 0 aromatic heterocycles. The van der Waals surface area contributed by atoms with Gasteiger partial charge < -0.3 is 9.80 Å². The van der Waals surface area contributed by atoms with E-state index in [0.717, 1.165) is 0 Å². The van der Waals surface area contributed by atoms with E-state index >= 15 is 0 Å². The maximum absolute atomic E-state index is 2.55. The van der Waals surface area contributed by atoms with Crippen LogP contribution in [0.15, 0.2) is 12.4 Å². The van der Waals surface area contributed by atoms with E-state index in [-0.39, 0.29) is 0 Å². The summed E-state index contributed by atoms with van der Waals surface area (Å²) in [6.45, 7) is 9.45. The molecule has 0 fully saturated rings. The van der Waals surface area contributed by atoms with Gasteiger partial charge in [0.05, 0.1) is 6.17 Å². The van der Waals surface area contributed by atoms with E-state index < -0.39 is 0 Å². The number of rotatable bonds is 21. The van der Waals surface area contributed by atoms with Crippen LogP contribution in [-0.4, -0.2) is 29.1 Å². The van der Waals surface area contributed by atoms with Crippen molar-refractivity contribution >= 4 is 0 Å². The lowest BCUT2D eigenvalue weighted by molar-refractivity contribution is 0.165. The van der Waals surface area contributed by atoms with Gasteiger partial charge in [0, 0.05) is 25.5 Å². The van der Waals surface area contributed by atoms with Gasteiger partial charge in [-0.3, -0.25) is 0 Å². The number of unbranched alkanes of at least 4 members (excludes halogenated alkanes) is 17. The third-order valence-electron chi connectivity index (χ3n) is 6.70. The second-order valence-electron chi connectivity index (χ2n) is 9.42. The Morgan fingerprint density at radius 3 is 1.03 bits per heavy atom. The van der Waals surface area contributed by atoms with Crippen molar-refractivity contribution in [2.75, 3.05) is 13.1 Å². The maximum atomic E-state index is 2.55. The molecular weight excluding hydrogens is 352 g/mol. The number of hydrogen-bond acceptors (Lipinski definition) is 2. The van der Waals surface area contributed by atoms with Crippen molar-refractivity contribution in [3.63, 3.8) is 0 Å². The molecule has 29 heavy (non-hydrogen) atoms. The molecule has 1 unspecified atom stereocenters. The van der Waals surface area contributed by atoms with Crippen LogP contribution >= 0.6 is 0 Å². The minimum Gasteiger partial charge on any atom is -0.356 e. The minimum absolute atomic E-state index is 0.572. The molecule has 0 saturated heterocycles. The van der Waals surface area contributed by atoms with Crippen molar-refractivity contribution in [1.29, 1.82) is 0 Å². The second-order valence-corrected chi connectivity index (χ2v) is 9.42. The maximum Gasteiger partial charge on any atom is 0.0977 e. The van der Waals surface area contributed by atoms with Crippen LogP contribution in [0.1, 0.15) is 143 Å². The van der Waals surface area contributed by atoms with Crippen molar-refractivity contribution in [2.24, 2.45) is 0 Å². The van der Waals surface area contributed by atoms with Gasteiger partial charge in [-0.15, -0.1) is 0 Å².